The van der Waals surface area contributed by atoms with Crippen molar-refractivity contribution in [2.24, 2.45) is 10.9 Å². The molecule has 0 spiro atoms. The van der Waals surface area contributed by atoms with Crippen molar-refractivity contribution in [2.45, 2.75) is 65.1 Å². The number of ether oxygens (including phenoxy) is 1. The van der Waals surface area contributed by atoms with Crippen LogP contribution in [0.1, 0.15) is 45.6 Å². The van der Waals surface area contributed by atoms with Crippen molar-refractivity contribution < 1.29 is 23.1 Å². The van der Waals surface area contributed by atoms with E-state index in [9.17, 15) is 18.4 Å². The molecular formula is C29H38N9O5S-. The summed E-state index contributed by atoms with van der Waals surface area (Å²) in [5.41, 5.74) is 1.41. The van der Waals surface area contributed by atoms with Crippen molar-refractivity contribution in [1.82, 2.24) is 30.2 Å². The van der Waals surface area contributed by atoms with E-state index in [-0.39, 0.29) is 18.4 Å². The first-order valence-corrected chi connectivity index (χ1v) is 15.7. The number of esters is 1. The predicted molar refractivity (Wildman–Crippen MR) is 166 cm³/mol. The van der Waals surface area contributed by atoms with Crippen LogP contribution in [0, 0.1) is 12.8 Å². The van der Waals surface area contributed by atoms with Crippen LogP contribution in [0.25, 0.3) is 11.2 Å². The number of aliphatic imine (C=N–C) groups is 1. The summed E-state index contributed by atoms with van der Waals surface area (Å²) in [6.07, 6.45) is 5.16. The average Bonchev–Trinajstić information content (AvgIpc) is 3.40. The van der Waals surface area contributed by atoms with Crippen LogP contribution in [-0.2, 0) is 32.1 Å². The van der Waals surface area contributed by atoms with Crippen LogP contribution in [0.4, 0.5) is 11.5 Å². The number of piperidine rings is 1. The van der Waals surface area contributed by atoms with Gasteiger partial charge in [0.25, 0.3) is 0 Å². The Morgan fingerprint density at radius 1 is 1.18 bits per heavy atom. The third-order valence-corrected chi connectivity index (χ3v) is 8.25. The monoisotopic (exact) mass is 624 g/mol. The zero-order chi connectivity index (χ0) is 31.4. The van der Waals surface area contributed by atoms with E-state index < -0.39 is 28.9 Å². The molecule has 2 aromatic heterocycles. The highest BCUT2D eigenvalue weighted by Crippen LogP contribution is 2.28. The first kappa shape index (κ1) is 31.3. The van der Waals surface area contributed by atoms with Crippen molar-refractivity contribution >= 4 is 51.8 Å². The van der Waals surface area contributed by atoms with Crippen LogP contribution in [-0.4, -0.2) is 83.9 Å². The third-order valence-electron chi connectivity index (χ3n) is 7.47. The Morgan fingerprint density at radius 3 is 2.55 bits per heavy atom. The van der Waals surface area contributed by atoms with E-state index in [0.717, 1.165) is 22.8 Å². The summed E-state index contributed by atoms with van der Waals surface area (Å²) < 4.78 is 33.4. The lowest BCUT2D eigenvalue weighted by Gasteiger charge is -2.35. The van der Waals surface area contributed by atoms with Gasteiger partial charge in [-0.25, -0.2) is 19.7 Å². The molecule has 0 bridgehead atoms. The summed E-state index contributed by atoms with van der Waals surface area (Å²) in [5, 5.41) is 6.02. The highest BCUT2D eigenvalue weighted by molar-refractivity contribution is 7.80. The number of nitrogens with zero attached hydrogens (tertiary/aromatic N) is 7. The van der Waals surface area contributed by atoms with Crippen LogP contribution in [0.5, 0.6) is 0 Å². The number of benzene rings is 1. The molecular weight excluding hydrogens is 586 g/mol. The lowest BCUT2D eigenvalue weighted by atomic mass is 9.96. The predicted octanol–water partition coefficient (Wildman–Crippen LogP) is 1.83. The largest absolute Gasteiger partial charge is 0.755 e. The maximum atomic E-state index is 13.5. The van der Waals surface area contributed by atoms with Gasteiger partial charge in [-0.15, -0.1) is 0 Å². The molecule has 2 aliphatic rings. The van der Waals surface area contributed by atoms with E-state index in [1.54, 1.807) is 49.6 Å². The molecule has 1 saturated heterocycles. The Labute approximate surface area is 258 Å². The summed E-state index contributed by atoms with van der Waals surface area (Å²) >= 11 is -2.79. The van der Waals surface area contributed by atoms with E-state index in [0.29, 0.717) is 61.1 Å². The number of rotatable bonds is 8. The zero-order valence-electron chi connectivity index (χ0n) is 25.4. The normalized spacial score (nSPS) is 17.4. The minimum atomic E-state index is -2.79. The fraction of sp³-hybridized carbons (Fsp3) is 0.517. The Morgan fingerprint density at radius 2 is 1.91 bits per heavy atom. The van der Waals surface area contributed by atoms with Crippen LogP contribution in [0.2, 0.25) is 0 Å². The van der Waals surface area contributed by atoms with Crippen molar-refractivity contribution in [3.63, 3.8) is 0 Å². The molecule has 14 nitrogen and oxygen atoms in total. The molecule has 3 aromatic rings. The lowest BCUT2D eigenvalue weighted by Crippen LogP contribution is -2.48. The van der Waals surface area contributed by atoms with Crippen molar-refractivity contribution in [3.05, 3.63) is 42.5 Å². The van der Waals surface area contributed by atoms with Gasteiger partial charge in [-0.1, -0.05) is 17.7 Å². The molecule has 4 heterocycles. The molecule has 44 heavy (non-hydrogen) atoms. The van der Waals surface area contributed by atoms with Gasteiger partial charge in [0.15, 0.2) is 29.0 Å². The number of amides is 1. The highest BCUT2D eigenvalue weighted by atomic mass is 32.2. The first-order chi connectivity index (χ1) is 21.0. The fourth-order valence-corrected chi connectivity index (χ4v) is 5.94. The van der Waals surface area contributed by atoms with Gasteiger partial charge in [0, 0.05) is 49.1 Å². The maximum absolute atomic E-state index is 13.5. The van der Waals surface area contributed by atoms with Crippen LogP contribution in [0.15, 0.2) is 41.9 Å². The topological polar surface area (TPSA) is 170 Å². The molecule has 0 radical (unpaired) electrons. The molecule has 1 amide bonds. The molecule has 0 saturated carbocycles. The summed E-state index contributed by atoms with van der Waals surface area (Å²) in [5.74, 6) is 0.258. The van der Waals surface area contributed by atoms with Gasteiger partial charge < -0.3 is 24.1 Å². The fourth-order valence-electron chi connectivity index (χ4n) is 5.28. The standard InChI is InChI=1S/C29H39N9O5S/c1-19-6-8-21(9-7-19)38(44(41)42)22(27(40)43-29(2,3)4)16-37-18-34-23-24(32-17-33-25(23)37)36-14-10-20(11-15-36)26(39)35-28-30-12-5-13-31-28/h6-9,17-18,20,22H,5,10-16H2,1-4H3,(H,41,42)(H2,30,31,35,39)/p-1. The Bertz CT molecular complexity index is 1540. The number of fused-ring (bicyclic) bond motifs is 1. The number of guanidine groups is 1. The van der Waals surface area contributed by atoms with Crippen molar-refractivity contribution in [1.29, 1.82) is 0 Å². The number of aryl methyl sites for hydroxylation is 1. The molecule has 2 unspecified atom stereocenters. The second-order valence-corrected chi connectivity index (χ2v) is 12.8. The van der Waals surface area contributed by atoms with Gasteiger partial charge in [-0.2, -0.15) is 0 Å². The molecule has 1 fully saturated rings. The Hall–Kier alpha value is -4.11. The minimum Gasteiger partial charge on any atom is -0.755 e. The van der Waals surface area contributed by atoms with E-state index in [1.165, 1.54) is 12.7 Å². The number of anilines is 2. The Balaban J connectivity index is 1.37. The van der Waals surface area contributed by atoms with Gasteiger partial charge in [0.05, 0.1) is 12.9 Å². The van der Waals surface area contributed by atoms with E-state index >= 15 is 0 Å². The van der Waals surface area contributed by atoms with Gasteiger partial charge in [0.1, 0.15) is 11.9 Å². The van der Waals surface area contributed by atoms with Gasteiger partial charge in [-0.3, -0.25) is 23.6 Å². The second kappa shape index (κ2) is 13.3. The number of imidazole rings is 1. The number of carbonyl (C=O) groups excluding carboxylic acids is 2. The Kier molecular flexibility index (Phi) is 9.44. The second-order valence-electron chi connectivity index (χ2n) is 12.0. The number of hydrogen-bond acceptors (Lipinski definition) is 11. The number of hydrogen-bond donors (Lipinski definition) is 2. The van der Waals surface area contributed by atoms with Gasteiger partial charge >= 0.3 is 5.97 Å². The zero-order valence-corrected chi connectivity index (χ0v) is 26.2. The van der Waals surface area contributed by atoms with E-state index in [2.05, 4.69) is 35.5 Å². The smallest absolute Gasteiger partial charge is 0.332 e. The average molecular weight is 625 g/mol. The van der Waals surface area contributed by atoms with E-state index in [1.807, 2.05) is 6.92 Å². The van der Waals surface area contributed by atoms with Gasteiger partial charge in [0.2, 0.25) is 5.91 Å². The van der Waals surface area contributed by atoms with E-state index in [4.69, 9.17) is 4.74 Å². The number of aromatic nitrogens is 4. The SMILES string of the molecule is Cc1ccc(N(C(Cn2cnc3c(N4CCC(C(=O)NC5=NCCCN5)CC4)ncnc32)C(=O)OC(C)(C)C)S(=O)[O-])cc1. The highest BCUT2D eigenvalue weighted by Gasteiger charge is 2.34. The molecule has 236 valence electrons. The molecule has 2 aliphatic heterocycles. The molecule has 1 aromatic carbocycles. The quantitative estimate of drug-likeness (QED) is 0.278. The van der Waals surface area contributed by atoms with Crippen LogP contribution < -0.4 is 19.8 Å². The molecule has 2 atom stereocenters. The molecule has 15 heteroatoms. The molecule has 0 aliphatic carbocycles. The number of nitrogens with one attached hydrogen (secondary N) is 2. The molecule has 2 N–H and O–H groups in total. The third kappa shape index (κ3) is 7.33. The summed E-state index contributed by atoms with van der Waals surface area (Å²) in [7, 11) is 0. The van der Waals surface area contributed by atoms with Crippen LogP contribution in [0.3, 0.4) is 0 Å². The first-order valence-electron chi connectivity index (χ1n) is 14.7. The summed E-state index contributed by atoms with van der Waals surface area (Å²) in [6.45, 7) is 9.67. The van der Waals surface area contributed by atoms with Gasteiger partial charge in [-0.05, 0) is 59.1 Å². The van der Waals surface area contributed by atoms with Crippen LogP contribution >= 0.6 is 0 Å². The number of carbonyl (C=O) groups is 2. The summed E-state index contributed by atoms with van der Waals surface area (Å²) in [6, 6.07) is 5.63. The van der Waals surface area contributed by atoms with Crippen molar-refractivity contribution in [2.75, 3.05) is 35.4 Å². The minimum absolute atomic E-state index is 0.0445. The lowest BCUT2D eigenvalue weighted by molar-refractivity contribution is -0.156. The molecule has 5 rings (SSSR count). The van der Waals surface area contributed by atoms with Crippen molar-refractivity contribution in [3.8, 4) is 0 Å². The maximum Gasteiger partial charge on any atom is 0.332 e. The summed E-state index contributed by atoms with van der Waals surface area (Å²) in [4.78, 5) is 46.2.